The summed E-state index contributed by atoms with van der Waals surface area (Å²) in [6.07, 6.45) is 0. The van der Waals surface area contributed by atoms with E-state index in [1.807, 2.05) is 146 Å². The maximum atomic E-state index is 15.0. The molecule has 0 spiro atoms. The largest absolute Gasteiger partial charge is 0.497 e. The lowest BCUT2D eigenvalue weighted by molar-refractivity contribution is -0.457. The smallest absolute Gasteiger partial charge is 0.330 e. The summed E-state index contributed by atoms with van der Waals surface area (Å²) >= 11 is 0. The van der Waals surface area contributed by atoms with Crippen LogP contribution in [0.3, 0.4) is 0 Å². The van der Waals surface area contributed by atoms with Crippen molar-refractivity contribution < 1.29 is 14.3 Å². The second-order valence-corrected chi connectivity index (χ2v) is 9.89. The molecular formula is C34H27N5O2. The number of urea groups is 1. The number of benzene rings is 5. The molecule has 1 saturated heterocycles. The molecule has 7 heteroatoms. The second kappa shape index (κ2) is 9.64. The van der Waals surface area contributed by atoms with Gasteiger partial charge in [-0.1, -0.05) is 97.1 Å². The van der Waals surface area contributed by atoms with E-state index in [1.165, 1.54) is 0 Å². The molecule has 0 radical (unpaired) electrons. The number of carbonyl (C=O) groups is 1. The third kappa shape index (κ3) is 3.55. The number of amides is 2. The van der Waals surface area contributed by atoms with Gasteiger partial charge in [0.2, 0.25) is 5.69 Å². The van der Waals surface area contributed by atoms with Crippen LogP contribution in [-0.4, -0.2) is 17.9 Å². The monoisotopic (exact) mass is 537 g/mol. The van der Waals surface area contributed by atoms with E-state index in [0.717, 1.165) is 16.8 Å². The predicted octanol–water partition coefficient (Wildman–Crippen LogP) is 7.95. The molecule has 1 fully saturated rings. The van der Waals surface area contributed by atoms with Gasteiger partial charge in [-0.3, -0.25) is 9.80 Å². The molecule has 0 bridgehead atoms. The number of anilines is 2. The van der Waals surface area contributed by atoms with Gasteiger partial charge in [-0.25, -0.2) is 4.79 Å². The molecule has 7 rings (SSSR count). The lowest BCUT2D eigenvalue weighted by atomic mass is 9.81. The molecule has 7 nitrogen and oxygen atoms in total. The van der Waals surface area contributed by atoms with Crippen LogP contribution in [-0.2, 0) is 11.3 Å². The predicted molar refractivity (Wildman–Crippen MR) is 158 cm³/mol. The number of fused-ring (bicyclic) bond motifs is 1. The summed E-state index contributed by atoms with van der Waals surface area (Å²) in [6.45, 7) is 0. The van der Waals surface area contributed by atoms with Crippen LogP contribution in [0.1, 0.15) is 11.1 Å². The summed E-state index contributed by atoms with van der Waals surface area (Å²) in [5.74, 6) is 0.697. The van der Waals surface area contributed by atoms with Crippen molar-refractivity contribution in [2.24, 2.45) is 5.11 Å². The fraction of sp³-hybridized carbons (Fsp3) is 0.0882. The summed E-state index contributed by atoms with van der Waals surface area (Å²) in [5, 5.41) is 5.39. The van der Waals surface area contributed by atoms with Crippen LogP contribution in [0.2, 0.25) is 0 Å². The molecule has 2 atom stereocenters. The first-order valence-corrected chi connectivity index (χ1v) is 13.4. The Balaban J connectivity index is 1.61. The van der Waals surface area contributed by atoms with Gasteiger partial charge in [0.25, 0.3) is 0 Å². The van der Waals surface area contributed by atoms with Crippen LogP contribution in [0, 0.1) is 0 Å². The van der Waals surface area contributed by atoms with Crippen molar-refractivity contribution in [2.75, 3.05) is 16.9 Å². The third-order valence-electron chi connectivity index (χ3n) is 7.68. The second-order valence-electron chi connectivity index (χ2n) is 9.89. The maximum absolute atomic E-state index is 15.0. The van der Waals surface area contributed by atoms with E-state index in [0.29, 0.717) is 17.1 Å². The Morgan fingerprint density at radius 2 is 1.15 bits per heavy atom. The quantitative estimate of drug-likeness (QED) is 0.206. The Labute approximate surface area is 238 Å². The van der Waals surface area contributed by atoms with E-state index < -0.39 is 11.3 Å². The minimum atomic E-state index is -1.31. The molecule has 41 heavy (non-hydrogen) atoms. The van der Waals surface area contributed by atoms with E-state index in [2.05, 4.69) is 0 Å². The van der Waals surface area contributed by atoms with Gasteiger partial charge < -0.3 is 4.74 Å². The molecule has 0 aliphatic carbocycles. The number of hydrogen-bond acceptors (Lipinski definition) is 3. The lowest BCUT2D eigenvalue weighted by Gasteiger charge is -2.45. The Morgan fingerprint density at radius 1 is 0.634 bits per heavy atom. The van der Waals surface area contributed by atoms with Gasteiger partial charge in [-0.2, -0.15) is 10.5 Å². The van der Waals surface area contributed by atoms with Gasteiger partial charge in [0.1, 0.15) is 5.75 Å². The lowest BCUT2D eigenvalue weighted by Crippen LogP contribution is -2.53. The van der Waals surface area contributed by atoms with E-state index in [1.54, 1.807) is 21.7 Å². The number of carbonyl (C=O) groups excluding carboxylic acids is 1. The zero-order chi connectivity index (χ0) is 27.9. The van der Waals surface area contributed by atoms with Crippen LogP contribution in [0.5, 0.6) is 5.75 Å². The number of nitrogens with zero attached hydrogens (tertiary/aromatic N) is 5. The van der Waals surface area contributed by atoms with Crippen molar-refractivity contribution in [3.63, 3.8) is 0 Å². The fourth-order valence-electron chi connectivity index (χ4n) is 5.91. The zero-order valence-electron chi connectivity index (χ0n) is 22.4. The number of azo groups is 1. The molecule has 2 heterocycles. The first-order chi connectivity index (χ1) is 20.2. The highest BCUT2D eigenvalue weighted by molar-refractivity contribution is 6.10. The van der Waals surface area contributed by atoms with Crippen molar-refractivity contribution in [3.8, 4) is 5.75 Å². The van der Waals surface area contributed by atoms with Gasteiger partial charge in [-0.15, -0.1) is 4.81 Å². The Bertz CT molecular complexity index is 1710. The van der Waals surface area contributed by atoms with Crippen molar-refractivity contribution in [3.05, 3.63) is 162 Å². The van der Waals surface area contributed by atoms with Crippen molar-refractivity contribution in [2.45, 2.75) is 11.3 Å². The summed E-state index contributed by atoms with van der Waals surface area (Å²) in [5.41, 5.74) is 6.62. The number of rotatable bonds is 6. The normalized spacial score (nSPS) is 21.3. The van der Waals surface area contributed by atoms with Crippen molar-refractivity contribution >= 4 is 23.1 Å². The summed E-state index contributed by atoms with van der Waals surface area (Å²) in [7, 11) is 1.63. The zero-order valence-corrected chi connectivity index (χ0v) is 22.4. The van der Waals surface area contributed by atoms with E-state index >= 15 is 0 Å². The SMILES string of the molecule is COc1ccc(N2C(=O)N(c3ccccc3)C3(c4ccccc4)N=[N+](c4ccccc4)[N-]C23c2ccccc2)cc1. The van der Waals surface area contributed by atoms with Gasteiger partial charge >= 0.3 is 6.03 Å². The standard InChI is InChI=1S/C34H27N5O2/c1-41-31-24-22-29(23-25-31)38-32(40)37(28-18-10-4-11-19-28)33(26-14-6-2-7-15-26)34(38,27-16-8-3-9-17-27)36-39(35-33)30-20-12-5-13-21-30/h2-25H,1H3. The molecule has 0 aromatic heterocycles. The molecule has 200 valence electrons. The van der Waals surface area contributed by atoms with E-state index in [-0.39, 0.29) is 6.03 Å². The molecule has 0 saturated carbocycles. The molecule has 2 unspecified atom stereocenters. The van der Waals surface area contributed by atoms with Gasteiger partial charge in [-0.05, 0) is 47.5 Å². The Morgan fingerprint density at radius 3 is 1.73 bits per heavy atom. The van der Waals surface area contributed by atoms with Gasteiger partial charge in [0.05, 0.1) is 7.11 Å². The topological polar surface area (TPSA) is 62.2 Å². The molecule has 2 aliphatic heterocycles. The Kier molecular flexibility index (Phi) is 5.78. The molecule has 2 amide bonds. The van der Waals surface area contributed by atoms with Gasteiger partial charge in [0.15, 0.2) is 11.3 Å². The molecule has 0 N–H and O–H groups in total. The molecular weight excluding hydrogens is 510 g/mol. The third-order valence-corrected chi connectivity index (χ3v) is 7.68. The summed E-state index contributed by atoms with van der Waals surface area (Å²) in [4.78, 5) is 20.2. The number of ether oxygens (including phenoxy) is 1. The Hall–Kier alpha value is -5.43. The fourth-order valence-corrected chi connectivity index (χ4v) is 5.91. The molecule has 5 aromatic carbocycles. The van der Waals surface area contributed by atoms with E-state index in [4.69, 9.17) is 15.3 Å². The van der Waals surface area contributed by atoms with Gasteiger partial charge in [0, 0.05) is 23.5 Å². The highest BCUT2D eigenvalue weighted by Gasteiger charge is 2.71. The number of hydrogen-bond donors (Lipinski definition) is 0. The highest BCUT2D eigenvalue weighted by Crippen LogP contribution is 2.64. The number of para-hydroxylation sites is 2. The van der Waals surface area contributed by atoms with Crippen molar-refractivity contribution in [1.29, 1.82) is 0 Å². The van der Waals surface area contributed by atoms with Crippen LogP contribution < -0.4 is 14.5 Å². The number of methoxy groups -OCH3 is 1. The first kappa shape index (κ1) is 24.6. The maximum Gasteiger partial charge on any atom is 0.330 e. The molecule has 5 aromatic rings. The van der Waals surface area contributed by atoms with Crippen molar-refractivity contribution in [1.82, 2.24) is 0 Å². The first-order valence-electron chi connectivity index (χ1n) is 13.4. The molecule has 2 aliphatic rings. The highest BCUT2D eigenvalue weighted by atomic mass is 16.5. The van der Waals surface area contributed by atoms with Crippen LogP contribution in [0.25, 0.3) is 5.43 Å². The summed E-state index contributed by atoms with van der Waals surface area (Å²) in [6, 6.07) is 46.7. The average Bonchev–Trinajstić information content (AvgIpc) is 3.50. The van der Waals surface area contributed by atoms with Crippen LogP contribution >= 0.6 is 0 Å². The van der Waals surface area contributed by atoms with Crippen LogP contribution in [0.15, 0.2) is 151 Å². The summed E-state index contributed by atoms with van der Waals surface area (Å²) < 4.78 is 5.45. The average molecular weight is 538 g/mol. The van der Waals surface area contributed by atoms with E-state index in [9.17, 15) is 4.79 Å². The minimum Gasteiger partial charge on any atom is -0.497 e. The van der Waals surface area contributed by atoms with Crippen LogP contribution in [0.4, 0.5) is 21.9 Å². The minimum absolute atomic E-state index is 0.241.